The van der Waals surface area contributed by atoms with E-state index >= 15 is 0 Å². The Hall–Kier alpha value is -2.21. The molecule has 1 fully saturated rings. The number of pyridine rings is 1. The molecule has 0 atom stereocenters. The summed E-state index contributed by atoms with van der Waals surface area (Å²) in [7, 11) is 4.24. The van der Waals surface area contributed by atoms with E-state index in [1.807, 2.05) is 19.1 Å². The lowest BCUT2D eigenvalue weighted by molar-refractivity contribution is -0.383. The lowest BCUT2D eigenvalue weighted by atomic mass is 9.96. The molecule has 1 aromatic heterocycles. The van der Waals surface area contributed by atoms with E-state index in [-0.39, 0.29) is 10.6 Å². The number of nitrogens with zero attached hydrogens (tertiary/aromatic N) is 4. The second-order valence-electron chi connectivity index (χ2n) is 6.84. The average molecular weight is 328 g/mol. The van der Waals surface area contributed by atoms with Crippen LogP contribution in [0.25, 0.3) is 10.9 Å². The third-order valence-electron chi connectivity index (χ3n) is 4.90. The van der Waals surface area contributed by atoms with E-state index in [1.165, 1.54) is 18.9 Å². The fourth-order valence-corrected chi connectivity index (χ4v) is 3.53. The van der Waals surface area contributed by atoms with Crippen molar-refractivity contribution in [2.75, 3.05) is 38.6 Å². The normalized spacial score (nSPS) is 16.5. The minimum absolute atomic E-state index is 0.0742. The number of benzene rings is 1. The number of fused-ring (bicyclic) bond motifs is 1. The Morgan fingerprint density at radius 2 is 2.08 bits per heavy atom. The Morgan fingerprint density at radius 1 is 1.38 bits per heavy atom. The van der Waals surface area contributed by atoms with E-state index in [9.17, 15) is 10.1 Å². The van der Waals surface area contributed by atoms with Gasteiger partial charge in [-0.25, -0.2) is 4.98 Å². The Labute approximate surface area is 142 Å². The molecule has 6 heteroatoms. The van der Waals surface area contributed by atoms with E-state index in [2.05, 4.69) is 28.9 Å². The largest absolute Gasteiger partial charge is 0.374 e. The quantitative estimate of drug-likeness (QED) is 0.637. The summed E-state index contributed by atoms with van der Waals surface area (Å²) in [6, 6.07) is 7.22. The molecule has 3 rings (SSSR count). The van der Waals surface area contributed by atoms with E-state index in [0.717, 1.165) is 36.4 Å². The van der Waals surface area contributed by atoms with Crippen molar-refractivity contribution in [3.05, 3.63) is 40.1 Å². The summed E-state index contributed by atoms with van der Waals surface area (Å²) in [6.45, 7) is 5.14. The fourth-order valence-electron chi connectivity index (χ4n) is 3.53. The zero-order valence-electron chi connectivity index (χ0n) is 14.5. The SMILES string of the molecule is Cc1cc(N(C)CC2CCN(C)CC2)c2cccc([N+](=O)[O-])c2n1. The second-order valence-corrected chi connectivity index (χ2v) is 6.84. The zero-order valence-corrected chi connectivity index (χ0v) is 14.5. The lowest BCUT2D eigenvalue weighted by Crippen LogP contribution is -2.35. The van der Waals surface area contributed by atoms with E-state index in [4.69, 9.17) is 0 Å². The van der Waals surface area contributed by atoms with Crippen molar-refractivity contribution in [2.24, 2.45) is 5.92 Å². The van der Waals surface area contributed by atoms with Crippen molar-refractivity contribution in [1.29, 1.82) is 0 Å². The molecule has 1 aliphatic rings. The molecule has 0 N–H and O–H groups in total. The van der Waals surface area contributed by atoms with Crippen LogP contribution < -0.4 is 4.90 Å². The molecule has 2 aromatic rings. The monoisotopic (exact) mass is 328 g/mol. The molecule has 0 bridgehead atoms. The Morgan fingerprint density at radius 3 is 2.75 bits per heavy atom. The molecule has 0 aliphatic carbocycles. The summed E-state index contributed by atoms with van der Waals surface area (Å²) in [5.74, 6) is 0.661. The highest BCUT2D eigenvalue weighted by Crippen LogP contribution is 2.32. The van der Waals surface area contributed by atoms with Crippen LogP contribution in [0.2, 0.25) is 0 Å². The molecular weight excluding hydrogens is 304 g/mol. The number of para-hydroxylation sites is 1. The van der Waals surface area contributed by atoms with Gasteiger partial charge in [0, 0.05) is 36.4 Å². The number of nitro benzene ring substituents is 1. The van der Waals surface area contributed by atoms with E-state index < -0.39 is 0 Å². The number of aromatic nitrogens is 1. The Bertz CT molecular complexity index is 754. The van der Waals surface area contributed by atoms with Gasteiger partial charge in [-0.2, -0.15) is 0 Å². The van der Waals surface area contributed by atoms with Crippen LogP contribution in [0.4, 0.5) is 11.4 Å². The first-order valence-corrected chi connectivity index (χ1v) is 8.40. The second kappa shape index (κ2) is 6.73. The molecular formula is C18H24N4O2. The van der Waals surface area contributed by atoms with Gasteiger partial charge in [0.25, 0.3) is 5.69 Å². The van der Waals surface area contributed by atoms with Gasteiger partial charge >= 0.3 is 0 Å². The summed E-state index contributed by atoms with van der Waals surface area (Å²) in [6.07, 6.45) is 2.39. The number of hydrogen-bond acceptors (Lipinski definition) is 5. The van der Waals surface area contributed by atoms with Crippen LogP contribution in [0.5, 0.6) is 0 Å². The zero-order chi connectivity index (χ0) is 17.3. The molecule has 0 radical (unpaired) electrons. The minimum atomic E-state index is -0.352. The van der Waals surface area contributed by atoms with Gasteiger partial charge in [0.2, 0.25) is 0 Å². The summed E-state index contributed by atoms with van der Waals surface area (Å²) in [4.78, 5) is 20.0. The molecule has 24 heavy (non-hydrogen) atoms. The number of anilines is 1. The summed E-state index contributed by atoms with van der Waals surface area (Å²) >= 11 is 0. The van der Waals surface area contributed by atoms with Crippen LogP contribution in [0.15, 0.2) is 24.3 Å². The van der Waals surface area contributed by atoms with Gasteiger partial charge < -0.3 is 9.80 Å². The van der Waals surface area contributed by atoms with Crippen molar-refractivity contribution >= 4 is 22.3 Å². The molecule has 1 aliphatic heterocycles. The molecule has 1 saturated heterocycles. The number of aryl methyl sites for hydroxylation is 1. The topological polar surface area (TPSA) is 62.5 Å². The summed E-state index contributed by atoms with van der Waals surface area (Å²) in [5.41, 5.74) is 2.39. The highest BCUT2D eigenvalue weighted by atomic mass is 16.6. The van der Waals surface area contributed by atoms with Crippen LogP contribution >= 0.6 is 0 Å². The third-order valence-corrected chi connectivity index (χ3v) is 4.90. The van der Waals surface area contributed by atoms with Gasteiger partial charge in [0.1, 0.15) is 0 Å². The average Bonchev–Trinajstić information content (AvgIpc) is 2.55. The lowest BCUT2D eigenvalue weighted by Gasteiger charge is -2.32. The molecule has 1 aromatic carbocycles. The van der Waals surface area contributed by atoms with Gasteiger partial charge in [-0.05, 0) is 51.9 Å². The molecule has 6 nitrogen and oxygen atoms in total. The maximum absolute atomic E-state index is 11.3. The van der Waals surface area contributed by atoms with Crippen molar-refractivity contribution in [1.82, 2.24) is 9.88 Å². The first kappa shape index (κ1) is 16.6. The minimum Gasteiger partial charge on any atom is -0.374 e. The number of piperidine rings is 1. The number of likely N-dealkylation sites (tertiary alicyclic amines) is 1. The van der Waals surface area contributed by atoms with Crippen LogP contribution in [0.3, 0.4) is 0 Å². The Kier molecular flexibility index (Phi) is 4.66. The molecule has 0 unspecified atom stereocenters. The van der Waals surface area contributed by atoms with Crippen LogP contribution in [0.1, 0.15) is 18.5 Å². The first-order valence-electron chi connectivity index (χ1n) is 8.40. The smallest absolute Gasteiger partial charge is 0.295 e. The maximum atomic E-state index is 11.3. The summed E-state index contributed by atoms with van der Waals surface area (Å²) < 4.78 is 0. The van der Waals surface area contributed by atoms with E-state index in [0.29, 0.717) is 11.4 Å². The van der Waals surface area contributed by atoms with Crippen molar-refractivity contribution in [2.45, 2.75) is 19.8 Å². The molecule has 0 amide bonds. The third kappa shape index (κ3) is 3.33. The highest BCUT2D eigenvalue weighted by Gasteiger charge is 2.21. The van der Waals surface area contributed by atoms with Crippen LogP contribution in [0, 0.1) is 23.0 Å². The first-order chi connectivity index (χ1) is 11.5. The van der Waals surface area contributed by atoms with Gasteiger partial charge in [-0.15, -0.1) is 0 Å². The van der Waals surface area contributed by atoms with Crippen molar-refractivity contribution in [3.8, 4) is 0 Å². The van der Waals surface area contributed by atoms with E-state index in [1.54, 1.807) is 6.07 Å². The van der Waals surface area contributed by atoms with Gasteiger partial charge in [0.15, 0.2) is 5.52 Å². The van der Waals surface area contributed by atoms with Crippen molar-refractivity contribution < 1.29 is 4.92 Å². The fraction of sp³-hybridized carbons (Fsp3) is 0.500. The molecule has 0 spiro atoms. The predicted molar refractivity (Wildman–Crippen MR) is 96.6 cm³/mol. The molecule has 0 saturated carbocycles. The Balaban J connectivity index is 1.93. The standard InChI is InChI=1S/C18H24N4O2/c1-13-11-17(21(3)12-14-7-9-20(2)10-8-14)15-5-4-6-16(22(23)24)18(15)19-13/h4-6,11,14H,7-10,12H2,1-3H3. The molecule has 2 heterocycles. The number of non-ortho nitro benzene ring substituents is 1. The molecule has 128 valence electrons. The number of nitro groups is 1. The number of hydrogen-bond donors (Lipinski definition) is 0. The van der Waals surface area contributed by atoms with Crippen LogP contribution in [-0.2, 0) is 0 Å². The van der Waals surface area contributed by atoms with Gasteiger partial charge in [0.05, 0.1) is 4.92 Å². The van der Waals surface area contributed by atoms with Gasteiger partial charge in [-0.3, -0.25) is 10.1 Å². The maximum Gasteiger partial charge on any atom is 0.295 e. The predicted octanol–water partition coefficient (Wildman–Crippen LogP) is 3.23. The van der Waals surface area contributed by atoms with Crippen molar-refractivity contribution in [3.63, 3.8) is 0 Å². The number of rotatable bonds is 4. The van der Waals surface area contributed by atoms with Gasteiger partial charge in [-0.1, -0.05) is 12.1 Å². The van der Waals surface area contributed by atoms with Crippen LogP contribution in [-0.4, -0.2) is 48.5 Å². The highest BCUT2D eigenvalue weighted by molar-refractivity contribution is 5.97. The summed E-state index contributed by atoms with van der Waals surface area (Å²) in [5, 5.41) is 12.2.